The smallest absolute Gasteiger partial charge is 0.183 e. The maximum Gasteiger partial charge on any atom is 0.183 e. The monoisotopic (exact) mass is 245 g/mol. The number of nitrogens with one attached hydrogen (secondary N) is 1. The van der Waals surface area contributed by atoms with Gasteiger partial charge < -0.3 is 5.32 Å². The molecule has 0 radical (unpaired) electrons. The maximum atomic E-state index is 5.81. The molecule has 5 heteroatoms. The van der Waals surface area contributed by atoms with Crippen LogP contribution in [0.1, 0.15) is 17.7 Å². The van der Waals surface area contributed by atoms with Crippen molar-refractivity contribution in [3.63, 3.8) is 0 Å². The number of aromatic nitrogens is 1. The van der Waals surface area contributed by atoms with Gasteiger partial charge in [0.05, 0.1) is 0 Å². The zero-order valence-corrected chi connectivity index (χ0v) is 10.4. The zero-order chi connectivity index (χ0) is 10.7. The van der Waals surface area contributed by atoms with Crippen molar-refractivity contribution in [1.82, 2.24) is 15.2 Å². The van der Waals surface area contributed by atoms with E-state index in [1.165, 1.54) is 24.3 Å². The number of hydrogen-bond acceptors (Lipinski definition) is 4. The average molecular weight is 246 g/mol. The fourth-order valence-electron chi connectivity index (χ4n) is 2.01. The lowest BCUT2D eigenvalue weighted by molar-refractivity contribution is 0.189. The molecule has 0 unspecified atom stereocenters. The molecule has 0 aliphatic carbocycles. The molecule has 1 fully saturated rings. The third-order valence-corrected chi connectivity index (χ3v) is 3.92. The van der Waals surface area contributed by atoms with Gasteiger partial charge in [-0.2, -0.15) is 0 Å². The number of piperidine rings is 1. The quantitative estimate of drug-likeness (QED) is 0.883. The highest BCUT2D eigenvalue weighted by Gasteiger charge is 2.18. The summed E-state index contributed by atoms with van der Waals surface area (Å²) in [6.07, 6.45) is 4.45. The molecule has 1 atom stereocenters. The summed E-state index contributed by atoms with van der Waals surface area (Å²) in [7, 11) is 2.04. The molecule has 2 rings (SSSR count). The number of nitrogens with zero attached hydrogens (tertiary/aromatic N) is 2. The highest BCUT2D eigenvalue weighted by atomic mass is 35.5. The number of thiazole rings is 1. The second-order valence-electron chi connectivity index (χ2n) is 3.94. The topological polar surface area (TPSA) is 28.2 Å². The summed E-state index contributed by atoms with van der Waals surface area (Å²) < 4.78 is 0.646. The van der Waals surface area contributed by atoms with E-state index in [1.807, 2.05) is 13.2 Å². The number of likely N-dealkylation sites (tertiary alicyclic amines) is 1. The van der Waals surface area contributed by atoms with Gasteiger partial charge in [-0.25, -0.2) is 4.98 Å². The molecule has 3 nitrogen and oxygen atoms in total. The Balaban J connectivity index is 1.88. The average Bonchev–Trinajstić information content (AvgIpc) is 2.64. The van der Waals surface area contributed by atoms with Gasteiger partial charge in [0.2, 0.25) is 0 Å². The van der Waals surface area contributed by atoms with Crippen LogP contribution < -0.4 is 5.32 Å². The summed E-state index contributed by atoms with van der Waals surface area (Å²) in [6.45, 7) is 3.31. The van der Waals surface area contributed by atoms with Gasteiger partial charge in [-0.15, -0.1) is 11.3 Å². The molecule has 1 aromatic heterocycles. The third kappa shape index (κ3) is 3.14. The molecule has 0 bridgehead atoms. The van der Waals surface area contributed by atoms with Crippen LogP contribution in [0.25, 0.3) is 0 Å². The van der Waals surface area contributed by atoms with Gasteiger partial charge in [-0.1, -0.05) is 11.6 Å². The van der Waals surface area contributed by atoms with Crippen molar-refractivity contribution < 1.29 is 0 Å². The molecule has 0 amide bonds. The Morgan fingerprint density at radius 3 is 3.27 bits per heavy atom. The first kappa shape index (κ1) is 11.3. The van der Waals surface area contributed by atoms with Crippen molar-refractivity contribution in [3.8, 4) is 0 Å². The number of hydrogen-bond donors (Lipinski definition) is 1. The van der Waals surface area contributed by atoms with Crippen LogP contribution in [0.4, 0.5) is 0 Å². The Bertz CT molecular complexity index is 315. The third-order valence-electron chi connectivity index (χ3n) is 2.82. The molecule has 0 aromatic carbocycles. The summed E-state index contributed by atoms with van der Waals surface area (Å²) >= 11 is 7.39. The predicted octanol–water partition coefficient (Wildman–Crippen LogP) is 1.98. The van der Waals surface area contributed by atoms with Crippen molar-refractivity contribution >= 4 is 22.9 Å². The molecule has 0 spiro atoms. The first-order valence-electron chi connectivity index (χ1n) is 5.28. The minimum atomic E-state index is 0.641. The van der Waals surface area contributed by atoms with E-state index >= 15 is 0 Å². The van der Waals surface area contributed by atoms with Gasteiger partial charge >= 0.3 is 0 Å². The lowest BCUT2D eigenvalue weighted by Crippen LogP contribution is -2.43. The summed E-state index contributed by atoms with van der Waals surface area (Å²) in [5.74, 6) is 0. The normalized spacial score (nSPS) is 23.2. The van der Waals surface area contributed by atoms with E-state index in [9.17, 15) is 0 Å². The minimum absolute atomic E-state index is 0.641. The van der Waals surface area contributed by atoms with Crippen LogP contribution in [0.3, 0.4) is 0 Å². The van der Waals surface area contributed by atoms with Crippen molar-refractivity contribution in [1.29, 1.82) is 0 Å². The van der Waals surface area contributed by atoms with Crippen molar-refractivity contribution in [2.75, 3.05) is 20.1 Å². The lowest BCUT2D eigenvalue weighted by Gasteiger charge is -2.31. The Morgan fingerprint density at radius 1 is 1.73 bits per heavy atom. The van der Waals surface area contributed by atoms with Gasteiger partial charge in [0.25, 0.3) is 0 Å². The Hall–Kier alpha value is -0.160. The SMILES string of the molecule is CN[C@@H]1CCCN(Cc2cnc(Cl)s2)C1. The summed E-state index contributed by atoms with van der Waals surface area (Å²) in [6, 6.07) is 0.641. The van der Waals surface area contributed by atoms with Gasteiger partial charge in [-0.3, -0.25) is 4.90 Å². The van der Waals surface area contributed by atoms with E-state index in [-0.39, 0.29) is 0 Å². The Labute approximate surface area is 99.5 Å². The lowest BCUT2D eigenvalue weighted by atomic mass is 10.1. The molecule has 1 aromatic rings. The van der Waals surface area contributed by atoms with Crippen LogP contribution in [0.15, 0.2) is 6.20 Å². The van der Waals surface area contributed by atoms with E-state index in [4.69, 9.17) is 11.6 Å². The fraction of sp³-hybridized carbons (Fsp3) is 0.700. The maximum absolute atomic E-state index is 5.81. The molecule has 84 valence electrons. The molecule has 0 saturated carbocycles. The van der Waals surface area contributed by atoms with Crippen LogP contribution in [0, 0.1) is 0 Å². The van der Waals surface area contributed by atoms with E-state index in [0.29, 0.717) is 10.5 Å². The standard InChI is InChI=1S/C10H16ClN3S/c1-12-8-3-2-4-14(6-8)7-9-5-13-10(11)15-9/h5,8,12H,2-4,6-7H2,1H3/t8-/m1/s1. The number of halogens is 1. The summed E-state index contributed by atoms with van der Waals surface area (Å²) in [5, 5.41) is 3.34. The van der Waals surface area contributed by atoms with E-state index < -0.39 is 0 Å². The molecular weight excluding hydrogens is 230 g/mol. The van der Waals surface area contributed by atoms with Gasteiger partial charge in [0, 0.05) is 30.2 Å². The van der Waals surface area contributed by atoms with Gasteiger partial charge in [-0.05, 0) is 26.4 Å². The summed E-state index contributed by atoms with van der Waals surface area (Å²) in [4.78, 5) is 7.79. The highest BCUT2D eigenvalue weighted by molar-refractivity contribution is 7.15. The van der Waals surface area contributed by atoms with E-state index in [2.05, 4.69) is 15.2 Å². The van der Waals surface area contributed by atoms with Crippen LogP contribution in [0.2, 0.25) is 4.47 Å². The molecular formula is C10H16ClN3S. The molecule has 1 N–H and O–H groups in total. The van der Waals surface area contributed by atoms with E-state index in [1.54, 1.807) is 11.3 Å². The van der Waals surface area contributed by atoms with Gasteiger partial charge in [0.15, 0.2) is 4.47 Å². The van der Waals surface area contributed by atoms with Crippen molar-refractivity contribution in [2.24, 2.45) is 0 Å². The predicted molar refractivity (Wildman–Crippen MR) is 64.5 cm³/mol. The first-order valence-corrected chi connectivity index (χ1v) is 6.47. The molecule has 2 heterocycles. The highest BCUT2D eigenvalue weighted by Crippen LogP contribution is 2.21. The molecule has 1 aliphatic rings. The zero-order valence-electron chi connectivity index (χ0n) is 8.87. The number of rotatable bonds is 3. The molecule has 1 saturated heterocycles. The first-order chi connectivity index (χ1) is 7.28. The fourth-order valence-corrected chi connectivity index (χ4v) is 3.03. The largest absolute Gasteiger partial charge is 0.316 e. The Kier molecular flexibility index (Phi) is 3.97. The van der Waals surface area contributed by atoms with Crippen LogP contribution in [-0.2, 0) is 6.54 Å². The Morgan fingerprint density at radius 2 is 2.60 bits per heavy atom. The van der Waals surface area contributed by atoms with Gasteiger partial charge in [0.1, 0.15) is 0 Å². The van der Waals surface area contributed by atoms with E-state index in [0.717, 1.165) is 13.1 Å². The van der Waals surface area contributed by atoms with Crippen LogP contribution in [-0.4, -0.2) is 36.1 Å². The summed E-state index contributed by atoms with van der Waals surface area (Å²) in [5.41, 5.74) is 0. The van der Waals surface area contributed by atoms with Crippen molar-refractivity contribution in [2.45, 2.75) is 25.4 Å². The molecule has 1 aliphatic heterocycles. The van der Waals surface area contributed by atoms with Crippen LogP contribution >= 0.6 is 22.9 Å². The number of likely N-dealkylation sites (N-methyl/N-ethyl adjacent to an activating group) is 1. The minimum Gasteiger partial charge on any atom is -0.316 e. The van der Waals surface area contributed by atoms with Crippen molar-refractivity contribution in [3.05, 3.63) is 15.5 Å². The van der Waals surface area contributed by atoms with Crippen LogP contribution in [0.5, 0.6) is 0 Å². The molecule has 15 heavy (non-hydrogen) atoms. The second-order valence-corrected chi connectivity index (χ2v) is 5.64. The second kappa shape index (κ2) is 5.25.